The first-order chi connectivity index (χ1) is 10.3. The number of aromatic nitrogens is 3. The number of rotatable bonds is 5. The molecule has 5 nitrogen and oxygen atoms in total. The highest BCUT2D eigenvalue weighted by atomic mass is 16.5. The molecule has 0 aliphatic rings. The first kappa shape index (κ1) is 13.2. The van der Waals surface area contributed by atoms with Gasteiger partial charge in [0.25, 0.3) is 0 Å². The first-order valence-corrected chi connectivity index (χ1v) is 6.61. The van der Waals surface area contributed by atoms with Gasteiger partial charge in [0, 0.05) is 17.5 Å². The lowest BCUT2D eigenvalue weighted by Gasteiger charge is -1.96. The van der Waals surface area contributed by atoms with Gasteiger partial charge in [0.1, 0.15) is 0 Å². The highest BCUT2D eigenvalue weighted by molar-refractivity contribution is 5.96. The molecule has 0 amide bonds. The van der Waals surface area contributed by atoms with Crippen LogP contribution >= 0.6 is 0 Å². The molecule has 1 aromatic carbocycles. The number of pyridine rings is 1. The summed E-state index contributed by atoms with van der Waals surface area (Å²) in [6, 6.07) is 14.7. The molecule has 0 bridgehead atoms. The third kappa shape index (κ3) is 3.39. The predicted molar refractivity (Wildman–Crippen MR) is 75.8 cm³/mol. The van der Waals surface area contributed by atoms with Crippen LogP contribution in [0.15, 0.2) is 59.3 Å². The molecule has 5 heteroatoms. The largest absolute Gasteiger partial charge is 0.339 e. The fourth-order valence-corrected chi connectivity index (χ4v) is 1.96. The molecule has 3 rings (SSSR count). The van der Waals surface area contributed by atoms with Gasteiger partial charge in [-0.3, -0.25) is 9.78 Å². The maximum atomic E-state index is 12.0. The van der Waals surface area contributed by atoms with Gasteiger partial charge in [-0.25, -0.2) is 0 Å². The smallest absolute Gasteiger partial charge is 0.234 e. The molecule has 0 aliphatic carbocycles. The van der Waals surface area contributed by atoms with Crippen LogP contribution in [0, 0.1) is 0 Å². The molecule has 2 heterocycles. The second kappa shape index (κ2) is 6.09. The van der Waals surface area contributed by atoms with Crippen LogP contribution in [0.2, 0.25) is 0 Å². The number of ketones is 1. The zero-order valence-electron chi connectivity index (χ0n) is 11.3. The Labute approximate surface area is 121 Å². The first-order valence-electron chi connectivity index (χ1n) is 6.61. The molecule has 0 fully saturated rings. The van der Waals surface area contributed by atoms with Crippen molar-refractivity contribution in [2.24, 2.45) is 0 Å². The Bertz CT molecular complexity index is 724. The van der Waals surface area contributed by atoms with Crippen molar-refractivity contribution in [3.05, 3.63) is 77.7 Å². The Hall–Kier alpha value is -2.82. The van der Waals surface area contributed by atoms with Crippen molar-refractivity contribution in [1.29, 1.82) is 0 Å². The van der Waals surface area contributed by atoms with Crippen molar-refractivity contribution in [2.75, 3.05) is 0 Å². The highest BCUT2D eigenvalue weighted by Gasteiger charge is 2.13. The molecule has 0 spiro atoms. The molecule has 0 saturated carbocycles. The molecule has 2 aromatic heterocycles. The normalized spacial score (nSPS) is 10.5. The Morgan fingerprint density at radius 1 is 1.05 bits per heavy atom. The van der Waals surface area contributed by atoms with E-state index in [0.29, 0.717) is 23.7 Å². The fraction of sp³-hybridized carbons (Fsp3) is 0.125. The summed E-state index contributed by atoms with van der Waals surface area (Å²) >= 11 is 0. The van der Waals surface area contributed by atoms with Gasteiger partial charge in [-0.05, 0) is 12.1 Å². The number of carbonyl (C=O) groups is 1. The summed E-state index contributed by atoms with van der Waals surface area (Å²) in [4.78, 5) is 20.5. The summed E-state index contributed by atoms with van der Waals surface area (Å²) in [5.41, 5.74) is 1.50. The van der Waals surface area contributed by atoms with Crippen LogP contribution in [-0.2, 0) is 12.8 Å². The van der Waals surface area contributed by atoms with Crippen LogP contribution in [0.25, 0.3) is 0 Å². The Kier molecular flexibility index (Phi) is 3.82. The SMILES string of the molecule is O=C(Cc1nc(Cc2ccccn2)no1)c1ccccc1. The summed E-state index contributed by atoms with van der Waals surface area (Å²) in [7, 11) is 0. The van der Waals surface area contributed by atoms with Crippen LogP contribution in [0.3, 0.4) is 0 Å². The average Bonchev–Trinajstić information content (AvgIpc) is 2.96. The van der Waals surface area contributed by atoms with Crippen molar-refractivity contribution in [3.63, 3.8) is 0 Å². The topological polar surface area (TPSA) is 68.9 Å². The van der Waals surface area contributed by atoms with Gasteiger partial charge >= 0.3 is 0 Å². The number of carbonyl (C=O) groups excluding carboxylic acids is 1. The van der Waals surface area contributed by atoms with E-state index < -0.39 is 0 Å². The van der Waals surface area contributed by atoms with E-state index in [1.165, 1.54) is 0 Å². The van der Waals surface area contributed by atoms with Gasteiger partial charge in [-0.15, -0.1) is 0 Å². The number of nitrogens with zero attached hydrogens (tertiary/aromatic N) is 3. The van der Waals surface area contributed by atoms with Crippen molar-refractivity contribution < 1.29 is 9.32 Å². The lowest BCUT2D eigenvalue weighted by molar-refractivity contribution is 0.0983. The zero-order chi connectivity index (χ0) is 14.5. The highest BCUT2D eigenvalue weighted by Crippen LogP contribution is 2.08. The van der Waals surface area contributed by atoms with E-state index in [2.05, 4.69) is 15.1 Å². The maximum Gasteiger partial charge on any atom is 0.234 e. The van der Waals surface area contributed by atoms with Gasteiger partial charge in [0.2, 0.25) is 5.89 Å². The van der Waals surface area contributed by atoms with Crippen LogP contribution in [0.5, 0.6) is 0 Å². The molecule has 0 saturated heterocycles. The lowest BCUT2D eigenvalue weighted by Crippen LogP contribution is -2.03. The second-order valence-corrected chi connectivity index (χ2v) is 4.57. The van der Waals surface area contributed by atoms with Gasteiger partial charge in [-0.2, -0.15) is 4.98 Å². The number of hydrogen-bond acceptors (Lipinski definition) is 5. The third-order valence-corrected chi connectivity index (χ3v) is 2.98. The number of hydrogen-bond donors (Lipinski definition) is 0. The van der Waals surface area contributed by atoms with E-state index in [1.54, 1.807) is 18.3 Å². The van der Waals surface area contributed by atoms with Crippen LogP contribution < -0.4 is 0 Å². The molecule has 0 radical (unpaired) electrons. The number of benzene rings is 1. The molecule has 0 unspecified atom stereocenters. The summed E-state index contributed by atoms with van der Waals surface area (Å²) < 4.78 is 5.12. The maximum absolute atomic E-state index is 12.0. The second-order valence-electron chi connectivity index (χ2n) is 4.57. The van der Waals surface area contributed by atoms with E-state index in [-0.39, 0.29) is 12.2 Å². The van der Waals surface area contributed by atoms with Crippen molar-refractivity contribution in [2.45, 2.75) is 12.8 Å². The third-order valence-electron chi connectivity index (χ3n) is 2.98. The summed E-state index contributed by atoms with van der Waals surface area (Å²) in [5.74, 6) is 0.822. The van der Waals surface area contributed by atoms with E-state index in [0.717, 1.165) is 5.69 Å². The minimum absolute atomic E-state index is 0.0383. The predicted octanol–water partition coefficient (Wildman–Crippen LogP) is 2.48. The van der Waals surface area contributed by atoms with E-state index in [1.807, 2.05) is 36.4 Å². The molecule has 0 N–H and O–H groups in total. The minimum Gasteiger partial charge on any atom is -0.339 e. The van der Waals surface area contributed by atoms with Gasteiger partial charge in [0.05, 0.1) is 12.8 Å². The minimum atomic E-state index is -0.0383. The monoisotopic (exact) mass is 279 g/mol. The standard InChI is InChI=1S/C16H13N3O2/c20-14(12-6-2-1-3-7-12)11-16-18-15(19-21-16)10-13-8-4-5-9-17-13/h1-9H,10-11H2. The summed E-state index contributed by atoms with van der Waals surface area (Å²) in [6.07, 6.45) is 2.32. The zero-order valence-corrected chi connectivity index (χ0v) is 11.3. The van der Waals surface area contributed by atoms with Crippen molar-refractivity contribution in [1.82, 2.24) is 15.1 Å². The Morgan fingerprint density at radius 2 is 1.86 bits per heavy atom. The average molecular weight is 279 g/mol. The van der Waals surface area contributed by atoms with E-state index >= 15 is 0 Å². The van der Waals surface area contributed by atoms with Gasteiger partial charge < -0.3 is 4.52 Å². The van der Waals surface area contributed by atoms with Crippen LogP contribution in [0.1, 0.15) is 27.8 Å². The van der Waals surface area contributed by atoms with Gasteiger partial charge in [0.15, 0.2) is 11.6 Å². The van der Waals surface area contributed by atoms with Crippen LogP contribution in [0.4, 0.5) is 0 Å². The Balaban J connectivity index is 1.67. The molecule has 0 aliphatic heterocycles. The van der Waals surface area contributed by atoms with E-state index in [4.69, 9.17) is 4.52 Å². The molecular formula is C16H13N3O2. The van der Waals surface area contributed by atoms with Crippen molar-refractivity contribution in [3.8, 4) is 0 Å². The Morgan fingerprint density at radius 3 is 2.62 bits per heavy atom. The lowest BCUT2D eigenvalue weighted by atomic mass is 10.1. The molecule has 21 heavy (non-hydrogen) atoms. The summed E-state index contributed by atoms with van der Waals surface area (Å²) in [6.45, 7) is 0. The molecule has 0 atom stereocenters. The molecule has 104 valence electrons. The molecular weight excluding hydrogens is 266 g/mol. The van der Waals surface area contributed by atoms with E-state index in [9.17, 15) is 4.79 Å². The fourth-order valence-electron chi connectivity index (χ4n) is 1.96. The van der Waals surface area contributed by atoms with Crippen molar-refractivity contribution >= 4 is 5.78 Å². The number of Topliss-reactive ketones (excluding diaryl/α,β-unsaturated/α-hetero) is 1. The van der Waals surface area contributed by atoms with Crippen LogP contribution in [-0.4, -0.2) is 20.9 Å². The summed E-state index contributed by atoms with van der Waals surface area (Å²) in [5, 5.41) is 3.88. The molecule has 3 aromatic rings. The quantitative estimate of drug-likeness (QED) is 0.671. The van der Waals surface area contributed by atoms with Gasteiger partial charge in [-0.1, -0.05) is 41.6 Å².